The van der Waals surface area contributed by atoms with Gasteiger partial charge in [0.25, 0.3) is 0 Å². The van der Waals surface area contributed by atoms with Crippen LogP contribution in [0.2, 0.25) is 0 Å². The number of nitrogens with zero attached hydrogens (tertiary/aromatic N) is 1. The zero-order valence-corrected chi connectivity index (χ0v) is 12.0. The van der Waals surface area contributed by atoms with E-state index < -0.39 is 11.6 Å². The maximum absolute atomic E-state index is 13.7. The summed E-state index contributed by atoms with van der Waals surface area (Å²) in [7, 11) is 1.80. The molecule has 1 fully saturated rings. The Kier molecular flexibility index (Phi) is 5.46. The molecule has 0 amide bonds. The van der Waals surface area contributed by atoms with Crippen LogP contribution in [0.5, 0.6) is 0 Å². The molecule has 1 aromatic rings. The first-order chi connectivity index (χ1) is 9.65. The van der Waals surface area contributed by atoms with Crippen LogP contribution in [0.15, 0.2) is 18.2 Å². The molecule has 20 heavy (non-hydrogen) atoms. The van der Waals surface area contributed by atoms with Crippen molar-refractivity contribution in [1.29, 1.82) is 0 Å². The lowest BCUT2D eigenvalue weighted by atomic mass is 9.99. The van der Waals surface area contributed by atoms with Gasteiger partial charge in [-0.2, -0.15) is 0 Å². The Bertz CT molecular complexity index is 422. The maximum atomic E-state index is 13.7. The van der Waals surface area contributed by atoms with Crippen LogP contribution in [0.1, 0.15) is 12.5 Å². The van der Waals surface area contributed by atoms with E-state index in [-0.39, 0.29) is 24.1 Å². The van der Waals surface area contributed by atoms with Crippen molar-refractivity contribution in [2.24, 2.45) is 0 Å². The van der Waals surface area contributed by atoms with Crippen molar-refractivity contribution in [1.82, 2.24) is 10.2 Å². The van der Waals surface area contributed by atoms with E-state index in [4.69, 9.17) is 4.74 Å². The number of nitrogens with one attached hydrogen (secondary N) is 1. The lowest BCUT2D eigenvalue weighted by molar-refractivity contribution is -0.0438. The van der Waals surface area contributed by atoms with E-state index in [0.29, 0.717) is 6.61 Å². The van der Waals surface area contributed by atoms with Gasteiger partial charge < -0.3 is 10.1 Å². The minimum absolute atomic E-state index is 0.0484. The number of hydrogen-bond donors (Lipinski definition) is 1. The number of hydrogen-bond acceptors (Lipinski definition) is 3. The molecular weight excluding hydrogens is 262 g/mol. The van der Waals surface area contributed by atoms with Crippen molar-refractivity contribution in [2.75, 3.05) is 33.3 Å². The van der Waals surface area contributed by atoms with Gasteiger partial charge in [0.15, 0.2) is 0 Å². The predicted octanol–water partition coefficient (Wildman–Crippen LogP) is 1.82. The van der Waals surface area contributed by atoms with Crippen molar-refractivity contribution in [3.05, 3.63) is 35.4 Å². The van der Waals surface area contributed by atoms with Gasteiger partial charge in [0.2, 0.25) is 0 Å². The fraction of sp³-hybridized carbons (Fsp3) is 0.600. The fourth-order valence-electron chi connectivity index (χ4n) is 2.63. The molecule has 0 aliphatic carbocycles. The minimum atomic E-state index is -0.492. The highest BCUT2D eigenvalue weighted by Crippen LogP contribution is 2.18. The number of morpholine rings is 1. The number of likely N-dealkylation sites (N-methyl/N-ethyl adjacent to an activating group) is 2. The molecule has 1 aliphatic heterocycles. The summed E-state index contributed by atoms with van der Waals surface area (Å²) in [6.07, 6.45) is 0.240. The fourth-order valence-corrected chi connectivity index (χ4v) is 2.63. The van der Waals surface area contributed by atoms with Gasteiger partial charge in [0.05, 0.1) is 12.7 Å². The Balaban J connectivity index is 2.08. The smallest absolute Gasteiger partial charge is 0.129 e. The average Bonchev–Trinajstić information content (AvgIpc) is 2.47. The lowest BCUT2D eigenvalue weighted by Crippen LogP contribution is -2.52. The van der Waals surface area contributed by atoms with Crippen molar-refractivity contribution in [3.63, 3.8) is 0 Å². The third-order valence-electron chi connectivity index (χ3n) is 3.93. The lowest BCUT2D eigenvalue weighted by Gasteiger charge is -2.36. The van der Waals surface area contributed by atoms with Crippen molar-refractivity contribution in [3.8, 4) is 0 Å². The van der Waals surface area contributed by atoms with Gasteiger partial charge in [-0.25, -0.2) is 8.78 Å². The quantitative estimate of drug-likeness (QED) is 0.892. The number of rotatable bonds is 5. The molecule has 5 heteroatoms. The van der Waals surface area contributed by atoms with Crippen molar-refractivity contribution < 1.29 is 13.5 Å². The normalized spacial score (nSPS) is 21.9. The van der Waals surface area contributed by atoms with Crippen LogP contribution in [0.3, 0.4) is 0 Å². The van der Waals surface area contributed by atoms with Crippen LogP contribution in [-0.2, 0) is 11.2 Å². The molecule has 1 heterocycles. The summed E-state index contributed by atoms with van der Waals surface area (Å²) in [4.78, 5) is 2.29. The Hall–Kier alpha value is -1.04. The molecule has 0 aromatic heterocycles. The molecular formula is C15H22F2N2O. The first-order valence-electron chi connectivity index (χ1n) is 7.09. The molecule has 112 valence electrons. The van der Waals surface area contributed by atoms with Crippen LogP contribution < -0.4 is 5.32 Å². The predicted molar refractivity (Wildman–Crippen MR) is 74.8 cm³/mol. The van der Waals surface area contributed by atoms with Crippen molar-refractivity contribution >= 4 is 0 Å². The summed E-state index contributed by atoms with van der Waals surface area (Å²) < 4.78 is 33.2. The zero-order valence-electron chi connectivity index (χ0n) is 12.0. The molecule has 1 aromatic carbocycles. The molecule has 1 N–H and O–H groups in total. The van der Waals surface area contributed by atoms with E-state index in [1.54, 1.807) is 7.05 Å². The molecule has 2 rings (SSSR count). The van der Waals surface area contributed by atoms with Gasteiger partial charge >= 0.3 is 0 Å². The average molecular weight is 284 g/mol. The molecule has 0 spiro atoms. The number of halogens is 2. The van der Waals surface area contributed by atoms with Crippen LogP contribution in [0.4, 0.5) is 8.78 Å². The molecule has 0 radical (unpaired) electrons. The van der Waals surface area contributed by atoms with E-state index in [2.05, 4.69) is 17.1 Å². The summed E-state index contributed by atoms with van der Waals surface area (Å²) in [5.41, 5.74) is 0.129. The second kappa shape index (κ2) is 7.11. The monoisotopic (exact) mass is 284 g/mol. The van der Waals surface area contributed by atoms with Crippen LogP contribution in [-0.4, -0.2) is 50.3 Å². The zero-order chi connectivity index (χ0) is 14.5. The highest BCUT2D eigenvalue weighted by molar-refractivity contribution is 5.21. The Morgan fingerprint density at radius 3 is 2.70 bits per heavy atom. The van der Waals surface area contributed by atoms with Gasteiger partial charge in [0, 0.05) is 24.7 Å². The topological polar surface area (TPSA) is 24.5 Å². The SMILES string of the molecule is CCN1CCOC(C(Cc2c(F)cccc2F)NC)C1. The summed E-state index contributed by atoms with van der Waals surface area (Å²) in [6, 6.07) is 3.88. The van der Waals surface area contributed by atoms with Crippen LogP contribution >= 0.6 is 0 Å². The summed E-state index contributed by atoms with van der Waals surface area (Å²) >= 11 is 0. The summed E-state index contributed by atoms with van der Waals surface area (Å²) in [5, 5.41) is 3.13. The molecule has 1 aliphatic rings. The molecule has 3 nitrogen and oxygen atoms in total. The Labute approximate surface area is 118 Å². The van der Waals surface area contributed by atoms with Gasteiger partial charge in [-0.15, -0.1) is 0 Å². The largest absolute Gasteiger partial charge is 0.374 e. The highest BCUT2D eigenvalue weighted by atomic mass is 19.1. The third-order valence-corrected chi connectivity index (χ3v) is 3.93. The van der Waals surface area contributed by atoms with Gasteiger partial charge in [-0.05, 0) is 32.1 Å². The van der Waals surface area contributed by atoms with Crippen LogP contribution in [0.25, 0.3) is 0 Å². The Morgan fingerprint density at radius 1 is 1.40 bits per heavy atom. The maximum Gasteiger partial charge on any atom is 0.129 e. The van der Waals surface area contributed by atoms with E-state index in [0.717, 1.165) is 19.6 Å². The standard InChI is InChI=1S/C15H22F2N2O/c1-3-19-7-8-20-15(10-19)14(18-2)9-11-12(16)5-4-6-13(11)17/h4-6,14-15,18H,3,7-10H2,1-2H3. The van der Waals surface area contributed by atoms with Gasteiger partial charge in [-0.1, -0.05) is 13.0 Å². The van der Waals surface area contributed by atoms with E-state index in [1.807, 2.05) is 0 Å². The first kappa shape index (κ1) is 15.4. The summed E-state index contributed by atoms with van der Waals surface area (Å²) in [6.45, 7) is 5.43. The number of ether oxygens (including phenoxy) is 1. The number of benzene rings is 1. The van der Waals surface area contributed by atoms with E-state index in [1.165, 1.54) is 18.2 Å². The molecule has 1 saturated heterocycles. The molecule has 2 atom stereocenters. The minimum Gasteiger partial charge on any atom is -0.374 e. The van der Waals surface area contributed by atoms with Crippen LogP contribution in [0, 0.1) is 11.6 Å². The Morgan fingerprint density at radius 2 is 2.10 bits per heavy atom. The summed E-state index contributed by atoms with van der Waals surface area (Å²) in [5.74, 6) is -0.984. The molecule has 2 unspecified atom stereocenters. The highest BCUT2D eigenvalue weighted by Gasteiger charge is 2.28. The van der Waals surface area contributed by atoms with Gasteiger partial charge in [0.1, 0.15) is 11.6 Å². The van der Waals surface area contributed by atoms with E-state index >= 15 is 0 Å². The second-order valence-electron chi connectivity index (χ2n) is 5.10. The van der Waals surface area contributed by atoms with E-state index in [9.17, 15) is 8.78 Å². The second-order valence-corrected chi connectivity index (χ2v) is 5.10. The van der Waals surface area contributed by atoms with Crippen molar-refractivity contribution in [2.45, 2.75) is 25.5 Å². The first-order valence-corrected chi connectivity index (χ1v) is 7.09. The molecule has 0 bridgehead atoms. The molecule has 0 saturated carbocycles. The third kappa shape index (κ3) is 3.53. The van der Waals surface area contributed by atoms with Gasteiger partial charge in [-0.3, -0.25) is 4.90 Å².